The highest BCUT2D eigenvalue weighted by molar-refractivity contribution is 5.49. The Kier molecular flexibility index (Phi) is 4.73. The highest BCUT2D eigenvalue weighted by Gasteiger charge is 2.13. The molecule has 0 radical (unpaired) electrons. The summed E-state index contributed by atoms with van der Waals surface area (Å²) < 4.78 is 6.02. The Hall–Kier alpha value is -2.17. The van der Waals surface area contributed by atoms with Crippen molar-refractivity contribution in [3.63, 3.8) is 0 Å². The molecular weight excluding hydrogens is 264 g/mol. The molecule has 0 aromatic carbocycles. The van der Waals surface area contributed by atoms with Gasteiger partial charge in [0, 0.05) is 19.2 Å². The maximum absolute atomic E-state index is 6.02. The van der Waals surface area contributed by atoms with Crippen molar-refractivity contribution in [2.45, 2.75) is 40.5 Å². The molecule has 0 saturated heterocycles. The fourth-order valence-corrected chi connectivity index (χ4v) is 2.09. The van der Waals surface area contributed by atoms with Crippen LogP contribution in [0.2, 0.25) is 0 Å². The molecule has 2 rings (SSSR count). The third kappa shape index (κ3) is 3.29. The normalized spacial score (nSPS) is 10.5. The summed E-state index contributed by atoms with van der Waals surface area (Å²) in [5, 5.41) is 3.09. The van der Waals surface area contributed by atoms with Crippen LogP contribution in [0.25, 0.3) is 0 Å². The van der Waals surface area contributed by atoms with Gasteiger partial charge < -0.3 is 10.1 Å². The summed E-state index contributed by atoms with van der Waals surface area (Å²) >= 11 is 0. The maximum atomic E-state index is 6.02. The van der Waals surface area contributed by atoms with Crippen LogP contribution in [0, 0.1) is 13.8 Å². The van der Waals surface area contributed by atoms with Crippen LogP contribution in [0.3, 0.4) is 0 Å². The summed E-state index contributed by atoms with van der Waals surface area (Å²) in [5.74, 6) is 2.91. The third-order valence-corrected chi connectivity index (χ3v) is 3.31. The van der Waals surface area contributed by atoms with Gasteiger partial charge in [0.05, 0.1) is 11.3 Å². The third-order valence-electron chi connectivity index (χ3n) is 3.31. The van der Waals surface area contributed by atoms with Gasteiger partial charge in [0.25, 0.3) is 0 Å². The van der Waals surface area contributed by atoms with Crippen LogP contribution in [0.15, 0.2) is 12.1 Å². The Morgan fingerprint density at radius 3 is 2.43 bits per heavy atom. The number of ether oxygens (including phenoxy) is 1. The second-order valence-electron chi connectivity index (χ2n) is 4.88. The van der Waals surface area contributed by atoms with Crippen LogP contribution in [0.5, 0.6) is 11.6 Å². The molecule has 0 unspecified atom stereocenters. The summed E-state index contributed by atoms with van der Waals surface area (Å²) in [7, 11) is 1.85. The second-order valence-corrected chi connectivity index (χ2v) is 4.88. The van der Waals surface area contributed by atoms with Crippen LogP contribution in [0.4, 0.5) is 5.82 Å². The molecule has 112 valence electrons. The van der Waals surface area contributed by atoms with E-state index in [0.717, 1.165) is 47.2 Å². The first-order chi connectivity index (χ1) is 10.1. The fourth-order valence-electron chi connectivity index (χ4n) is 2.09. The topological polar surface area (TPSA) is 59.9 Å². The summed E-state index contributed by atoms with van der Waals surface area (Å²) in [6.45, 7) is 8.03. The summed E-state index contributed by atoms with van der Waals surface area (Å²) in [5.41, 5.74) is 2.83. The molecule has 2 aromatic heterocycles. The lowest BCUT2D eigenvalue weighted by Crippen LogP contribution is -2.05. The van der Waals surface area contributed by atoms with Crippen molar-refractivity contribution in [2.24, 2.45) is 0 Å². The second kappa shape index (κ2) is 6.52. The number of hydrogen-bond donors (Lipinski definition) is 1. The minimum atomic E-state index is 0.589. The average molecular weight is 286 g/mol. The lowest BCUT2D eigenvalue weighted by molar-refractivity contribution is 0.446. The molecule has 0 bridgehead atoms. The number of pyridine rings is 1. The highest BCUT2D eigenvalue weighted by Crippen LogP contribution is 2.29. The molecule has 1 N–H and O–H groups in total. The van der Waals surface area contributed by atoms with Crippen LogP contribution >= 0.6 is 0 Å². The number of nitrogens with zero attached hydrogens (tertiary/aromatic N) is 3. The van der Waals surface area contributed by atoms with Crippen molar-refractivity contribution in [1.82, 2.24) is 15.0 Å². The van der Waals surface area contributed by atoms with Gasteiger partial charge in [0.1, 0.15) is 11.6 Å². The van der Waals surface area contributed by atoms with Gasteiger partial charge in [0.2, 0.25) is 5.88 Å². The zero-order valence-corrected chi connectivity index (χ0v) is 13.3. The van der Waals surface area contributed by atoms with Crippen molar-refractivity contribution >= 4 is 5.82 Å². The van der Waals surface area contributed by atoms with Crippen LogP contribution < -0.4 is 10.1 Å². The number of aryl methyl sites for hydroxylation is 3. The molecule has 5 nitrogen and oxygen atoms in total. The molecule has 0 aliphatic heterocycles. The van der Waals surface area contributed by atoms with Crippen LogP contribution in [0.1, 0.15) is 36.6 Å². The minimum absolute atomic E-state index is 0.589. The van der Waals surface area contributed by atoms with Gasteiger partial charge in [-0.3, -0.25) is 4.98 Å². The van der Waals surface area contributed by atoms with E-state index in [4.69, 9.17) is 4.74 Å². The Labute approximate surface area is 125 Å². The SMILES string of the molecule is CCc1nc(NC)c(C)c(Oc2ccc(C)nc2CC)n1. The molecule has 0 amide bonds. The smallest absolute Gasteiger partial charge is 0.227 e. The van der Waals surface area contributed by atoms with E-state index in [2.05, 4.69) is 27.2 Å². The van der Waals surface area contributed by atoms with Crippen molar-refractivity contribution in [3.05, 3.63) is 34.9 Å². The largest absolute Gasteiger partial charge is 0.437 e. The van der Waals surface area contributed by atoms with E-state index < -0.39 is 0 Å². The van der Waals surface area contributed by atoms with E-state index in [1.807, 2.05) is 40.0 Å². The maximum Gasteiger partial charge on any atom is 0.227 e. The molecule has 2 aromatic rings. The first-order valence-corrected chi connectivity index (χ1v) is 7.28. The van der Waals surface area contributed by atoms with Gasteiger partial charge >= 0.3 is 0 Å². The van der Waals surface area contributed by atoms with E-state index in [1.54, 1.807) is 0 Å². The first-order valence-electron chi connectivity index (χ1n) is 7.28. The van der Waals surface area contributed by atoms with Crippen molar-refractivity contribution in [2.75, 3.05) is 12.4 Å². The summed E-state index contributed by atoms with van der Waals surface area (Å²) in [6.07, 6.45) is 1.58. The summed E-state index contributed by atoms with van der Waals surface area (Å²) in [4.78, 5) is 13.5. The molecule has 0 fully saturated rings. The molecule has 21 heavy (non-hydrogen) atoms. The fraction of sp³-hybridized carbons (Fsp3) is 0.438. The molecule has 0 aliphatic rings. The Balaban J connectivity index is 2.43. The lowest BCUT2D eigenvalue weighted by Gasteiger charge is -2.14. The molecule has 0 atom stereocenters. The summed E-state index contributed by atoms with van der Waals surface area (Å²) in [6, 6.07) is 3.90. The molecule has 0 aliphatic carbocycles. The van der Waals surface area contributed by atoms with Crippen molar-refractivity contribution < 1.29 is 4.74 Å². The Morgan fingerprint density at radius 1 is 1.05 bits per heavy atom. The van der Waals surface area contributed by atoms with Crippen molar-refractivity contribution in [3.8, 4) is 11.6 Å². The highest BCUT2D eigenvalue weighted by atomic mass is 16.5. The lowest BCUT2D eigenvalue weighted by atomic mass is 10.2. The quantitative estimate of drug-likeness (QED) is 0.912. The molecule has 5 heteroatoms. The van der Waals surface area contributed by atoms with Gasteiger partial charge in [-0.2, -0.15) is 4.98 Å². The number of rotatable bonds is 5. The predicted octanol–water partition coefficient (Wildman–Crippen LogP) is 3.45. The number of aromatic nitrogens is 3. The van der Waals surface area contributed by atoms with E-state index >= 15 is 0 Å². The zero-order chi connectivity index (χ0) is 15.4. The first kappa shape index (κ1) is 15.2. The van der Waals surface area contributed by atoms with E-state index in [0.29, 0.717) is 5.88 Å². The van der Waals surface area contributed by atoms with Gasteiger partial charge in [-0.05, 0) is 32.4 Å². The number of hydrogen-bond acceptors (Lipinski definition) is 5. The zero-order valence-electron chi connectivity index (χ0n) is 13.3. The molecule has 0 spiro atoms. The predicted molar refractivity (Wildman–Crippen MR) is 84.1 cm³/mol. The number of nitrogens with one attached hydrogen (secondary N) is 1. The Morgan fingerprint density at radius 2 is 1.81 bits per heavy atom. The average Bonchev–Trinajstić information content (AvgIpc) is 2.50. The molecule has 2 heterocycles. The monoisotopic (exact) mass is 286 g/mol. The van der Waals surface area contributed by atoms with E-state index in [-0.39, 0.29) is 0 Å². The van der Waals surface area contributed by atoms with E-state index in [9.17, 15) is 0 Å². The van der Waals surface area contributed by atoms with Gasteiger partial charge in [-0.1, -0.05) is 13.8 Å². The standard InChI is InChI=1S/C16H22N4O/c1-6-12-13(9-8-10(3)18-12)21-16-11(4)15(17-5)19-14(7-2)20-16/h8-9H,6-7H2,1-5H3,(H,17,19,20). The van der Waals surface area contributed by atoms with Gasteiger partial charge in [-0.25, -0.2) is 4.98 Å². The molecular formula is C16H22N4O. The van der Waals surface area contributed by atoms with Crippen LogP contribution in [-0.2, 0) is 12.8 Å². The number of anilines is 1. The molecule has 0 saturated carbocycles. The Bertz CT molecular complexity index is 640. The van der Waals surface area contributed by atoms with E-state index in [1.165, 1.54) is 0 Å². The van der Waals surface area contributed by atoms with Crippen LogP contribution in [-0.4, -0.2) is 22.0 Å². The minimum Gasteiger partial charge on any atom is -0.437 e. The van der Waals surface area contributed by atoms with Crippen molar-refractivity contribution in [1.29, 1.82) is 0 Å². The van der Waals surface area contributed by atoms with Gasteiger partial charge in [0.15, 0.2) is 5.75 Å². The van der Waals surface area contributed by atoms with Gasteiger partial charge in [-0.15, -0.1) is 0 Å².